The average Bonchev–Trinajstić information content (AvgIpc) is 3.19. The normalized spacial score (nSPS) is 20.6. The average molecular weight is 412 g/mol. The first-order valence-corrected chi connectivity index (χ1v) is 9.72. The molecule has 1 aliphatic carbocycles. The number of nitrogens with zero attached hydrogens (tertiary/aromatic N) is 4. The Morgan fingerprint density at radius 1 is 1.29 bits per heavy atom. The minimum absolute atomic E-state index is 0.182. The first kappa shape index (κ1) is 18.9. The van der Waals surface area contributed by atoms with Crippen LogP contribution in [0.15, 0.2) is 18.5 Å². The van der Waals surface area contributed by atoms with Gasteiger partial charge in [0.15, 0.2) is 0 Å². The van der Waals surface area contributed by atoms with Crippen molar-refractivity contribution in [1.29, 1.82) is 0 Å². The zero-order valence-corrected chi connectivity index (χ0v) is 15.6. The maximum absolute atomic E-state index is 13.0. The number of halogens is 3. The van der Waals surface area contributed by atoms with Crippen molar-refractivity contribution in [1.82, 2.24) is 19.6 Å². The lowest BCUT2D eigenvalue weighted by atomic mass is 9.87. The number of aliphatic hydroxyl groups is 1. The summed E-state index contributed by atoms with van der Waals surface area (Å²) in [5.74, 6) is -0.0612. The first-order chi connectivity index (χ1) is 13.3. The lowest BCUT2D eigenvalue weighted by Gasteiger charge is -2.25. The van der Waals surface area contributed by atoms with Crippen LogP contribution in [0, 0.1) is 5.92 Å². The number of nitrogens with two attached hydrogens (primary N) is 1. The molecule has 4 N–H and O–H groups in total. The van der Waals surface area contributed by atoms with Crippen molar-refractivity contribution in [3.8, 4) is 11.3 Å². The number of hydrogen-bond acceptors (Lipinski definition) is 7. The Balaban J connectivity index is 1.49. The van der Waals surface area contributed by atoms with Crippen LogP contribution in [0.5, 0.6) is 0 Å². The summed E-state index contributed by atoms with van der Waals surface area (Å²) in [6.07, 6.45) is 1.69. The number of nitrogens with one attached hydrogen (secondary N) is 1. The third-order valence-electron chi connectivity index (χ3n) is 4.92. The molecule has 0 aromatic carbocycles. The lowest BCUT2D eigenvalue weighted by molar-refractivity contribution is -0.137. The number of hydrogen-bond donors (Lipinski definition) is 3. The predicted molar refractivity (Wildman–Crippen MR) is 100.0 cm³/mol. The smallest absolute Gasteiger partial charge is 0.393 e. The fourth-order valence-electron chi connectivity index (χ4n) is 3.33. The maximum Gasteiger partial charge on any atom is 0.419 e. The van der Waals surface area contributed by atoms with Crippen molar-refractivity contribution in [2.45, 2.75) is 38.0 Å². The van der Waals surface area contributed by atoms with Crippen molar-refractivity contribution < 1.29 is 18.3 Å². The Morgan fingerprint density at radius 2 is 2.04 bits per heavy atom. The van der Waals surface area contributed by atoms with Gasteiger partial charge in [0, 0.05) is 18.3 Å². The van der Waals surface area contributed by atoms with Crippen LogP contribution in [0.25, 0.3) is 16.2 Å². The molecule has 0 bridgehead atoms. The van der Waals surface area contributed by atoms with Crippen LogP contribution >= 0.6 is 11.3 Å². The molecule has 11 heteroatoms. The van der Waals surface area contributed by atoms with Gasteiger partial charge < -0.3 is 16.2 Å². The van der Waals surface area contributed by atoms with Gasteiger partial charge in [-0.1, -0.05) is 11.3 Å². The number of alkyl halides is 3. The zero-order valence-electron chi connectivity index (χ0n) is 14.8. The summed E-state index contributed by atoms with van der Waals surface area (Å²) >= 11 is 1.33. The molecule has 28 heavy (non-hydrogen) atoms. The highest BCUT2D eigenvalue weighted by molar-refractivity contribution is 7.20. The molecule has 1 saturated carbocycles. The fourth-order valence-corrected chi connectivity index (χ4v) is 4.12. The van der Waals surface area contributed by atoms with E-state index in [-0.39, 0.29) is 11.7 Å². The summed E-state index contributed by atoms with van der Waals surface area (Å²) in [6.45, 7) is 0.771. The van der Waals surface area contributed by atoms with E-state index in [1.165, 1.54) is 22.0 Å². The maximum atomic E-state index is 13.0. The van der Waals surface area contributed by atoms with Gasteiger partial charge in [-0.3, -0.25) is 0 Å². The summed E-state index contributed by atoms with van der Waals surface area (Å²) < 4.78 is 40.6. The minimum Gasteiger partial charge on any atom is -0.393 e. The number of aromatic nitrogens is 4. The Labute approximate surface area is 162 Å². The molecular formula is C17H19F3N6OS. The van der Waals surface area contributed by atoms with Crippen molar-refractivity contribution in [3.63, 3.8) is 0 Å². The molecule has 3 heterocycles. The quantitative estimate of drug-likeness (QED) is 0.607. The molecule has 0 atom stereocenters. The highest BCUT2D eigenvalue weighted by Crippen LogP contribution is 2.35. The van der Waals surface area contributed by atoms with Crippen molar-refractivity contribution >= 4 is 27.2 Å². The van der Waals surface area contributed by atoms with Gasteiger partial charge in [0.2, 0.25) is 10.1 Å². The number of pyridine rings is 1. The summed E-state index contributed by atoms with van der Waals surface area (Å²) in [4.78, 5) is 8.57. The third-order valence-corrected chi connectivity index (χ3v) is 5.80. The minimum atomic E-state index is -4.57. The Bertz CT molecular complexity index is 946. The molecule has 0 saturated heterocycles. The molecule has 3 aromatic heterocycles. The molecule has 7 nitrogen and oxygen atoms in total. The molecule has 0 unspecified atom stereocenters. The van der Waals surface area contributed by atoms with Crippen molar-refractivity contribution in [2.75, 3.05) is 17.6 Å². The van der Waals surface area contributed by atoms with Crippen LogP contribution in [0.2, 0.25) is 0 Å². The second-order valence-corrected chi connectivity index (χ2v) is 7.93. The van der Waals surface area contributed by atoms with Gasteiger partial charge in [-0.05, 0) is 37.7 Å². The molecule has 0 aliphatic heterocycles. The van der Waals surface area contributed by atoms with Gasteiger partial charge in [-0.2, -0.15) is 13.2 Å². The molecule has 1 fully saturated rings. The molecule has 1 aliphatic rings. The number of rotatable bonds is 4. The van der Waals surface area contributed by atoms with Crippen LogP contribution in [-0.4, -0.2) is 37.3 Å². The molecule has 4 rings (SSSR count). The highest BCUT2D eigenvalue weighted by Gasteiger charge is 2.34. The van der Waals surface area contributed by atoms with E-state index in [9.17, 15) is 18.3 Å². The monoisotopic (exact) mass is 412 g/mol. The molecular weight excluding hydrogens is 393 g/mol. The molecule has 150 valence electrons. The number of fused-ring (bicyclic) bond motifs is 1. The highest BCUT2D eigenvalue weighted by atomic mass is 32.1. The standard InChI is InChI=1S/C17H19F3N6OS/c18-17(19,20)12-5-10(7-22-14(12)21)13-8-26-16(24-13)28-15(25-26)23-6-9-1-3-11(27)4-2-9/h5,7-9,11,27H,1-4,6H2,(H2,21,22)(H,23,25). The Morgan fingerprint density at radius 3 is 2.71 bits per heavy atom. The topological polar surface area (TPSA) is 101 Å². The number of imidazole rings is 1. The Kier molecular flexibility index (Phi) is 4.88. The number of nitrogen functional groups attached to an aromatic ring is 1. The van der Waals surface area contributed by atoms with Gasteiger partial charge in [0.05, 0.1) is 23.6 Å². The van der Waals surface area contributed by atoms with Crippen LogP contribution in [-0.2, 0) is 6.18 Å². The van der Waals surface area contributed by atoms with Gasteiger partial charge in [0.1, 0.15) is 5.82 Å². The second-order valence-electron chi connectivity index (χ2n) is 6.97. The molecule has 0 radical (unpaired) electrons. The van der Waals surface area contributed by atoms with E-state index >= 15 is 0 Å². The second kappa shape index (κ2) is 7.21. The van der Waals surface area contributed by atoms with Gasteiger partial charge in [0.25, 0.3) is 0 Å². The number of aliphatic hydroxyl groups excluding tert-OH is 1. The molecule has 3 aromatic rings. The van der Waals surface area contributed by atoms with Crippen molar-refractivity contribution in [3.05, 3.63) is 24.0 Å². The van der Waals surface area contributed by atoms with Crippen molar-refractivity contribution in [2.24, 2.45) is 5.92 Å². The van der Waals surface area contributed by atoms with Gasteiger partial charge in [-0.15, -0.1) is 5.10 Å². The SMILES string of the molecule is Nc1ncc(-c2cn3nc(NCC4CCC(O)CC4)sc3n2)cc1C(F)(F)F. The van der Waals surface area contributed by atoms with Crippen LogP contribution in [0.4, 0.5) is 24.1 Å². The Hall–Kier alpha value is -2.40. The summed E-state index contributed by atoms with van der Waals surface area (Å²) in [7, 11) is 0. The van der Waals surface area contributed by atoms with E-state index in [0.717, 1.165) is 38.3 Å². The molecule has 0 amide bonds. The van der Waals surface area contributed by atoms with E-state index in [4.69, 9.17) is 5.73 Å². The lowest BCUT2D eigenvalue weighted by Crippen LogP contribution is -2.23. The molecule has 0 spiro atoms. The van der Waals surface area contributed by atoms with E-state index < -0.39 is 17.6 Å². The van der Waals surface area contributed by atoms with E-state index in [1.807, 2.05) is 0 Å². The van der Waals surface area contributed by atoms with E-state index in [1.54, 1.807) is 6.20 Å². The van der Waals surface area contributed by atoms with Crippen LogP contribution < -0.4 is 11.1 Å². The predicted octanol–water partition coefficient (Wildman–Crippen LogP) is 3.42. The fraction of sp³-hybridized carbons (Fsp3) is 0.471. The van der Waals surface area contributed by atoms with Crippen LogP contribution in [0.1, 0.15) is 31.2 Å². The third kappa shape index (κ3) is 3.90. The van der Waals surface area contributed by atoms with Gasteiger partial charge in [-0.25, -0.2) is 14.5 Å². The largest absolute Gasteiger partial charge is 0.419 e. The van der Waals surface area contributed by atoms with E-state index in [0.29, 0.717) is 21.7 Å². The first-order valence-electron chi connectivity index (χ1n) is 8.91. The summed E-state index contributed by atoms with van der Waals surface area (Å²) in [6, 6.07) is 0.950. The van der Waals surface area contributed by atoms with E-state index in [2.05, 4.69) is 20.4 Å². The van der Waals surface area contributed by atoms with Crippen LogP contribution in [0.3, 0.4) is 0 Å². The summed E-state index contributed by atoms with van der Waals surface area (Å²) in [5, 5.41) is 17.9. The zero-order chi connectivity index (χ0) is 19.9. The van der Waals surface area contributed by atoms with Gasteiger partial charge >= 0.3 is 6.18 Å². The summed E-state index contributed by atoms with van der Waals surface area (Å²) in [5.41, 5.74) is 4.95. The number of anilines is 2.